The Hall–Kier alpha value is -3.23. The molecule has 1 aliphatic heterocycles. The zero-order chi connectivity index (χ0) is 25.0. The topological polar surface area (TPSA) is 69.7 Å². The number of anilines is 3. The predicted molar refractivity (Wildman–Crippen MR) is 137 cm³/mol. The van der Waals surface area contributed by atoms with Gasteiger partial charge in [-0.15, -0.1) is 0 Å². The Balaban J connectivity index is 1.43. The number of rotatable bonds is 7. The van der Waals surface area contributed by atoms with Gasteiger partial charge in [-0.05, 0) is 75.2 Å². The maximum Gasteiger partial charge on any atom is 0.245 e. The molecule has 0 radical (unpaired) electrons. The Morgan fingerprint density at radius 2 is 1.49 bits per heavy atom. The normalized spacial score (nSPS) is 15.2. The Bertz CT molecular complexity index is 1260. The van der Waals surface area contributed by atoms with Crippen LogP contribution in [-0.2, 0) is 14.8 Å². The second-order valence-corrected chi connectivity index (χ2v) is 10.9. The van der Waals surface area contributed by atoms with Gasteiger partial charge in [0.25, 0.3) is 0 Å². The summed E-state index contributed by atoms with van der Waals surface area (Å²) >= 11 is 0. The minimum Gasteiger partial charge on any atom is -0.356 e. The standard InChI is InChI=1S/C27H30FN3O3S/c1-20(2)31(24-14-12-23(13-15-24)29-22-8-4-3-5-9-22)27(32)21-16-18-30(19-17-21)35(33,34)26-11-7-6-10-25(26)28/h3-15,20-21,29H,16-19H2,1-2H3. The van der Waals surface area contributed by atoms with E-state index < -0.39 is 15.8 Å². The summed E-state index contributed by atoms with van der Waals surface area (Å²) in [6, 6.07) is 22.9. The van der Waals surface area contributed by atoms with Crippen LogP contribution in [0.1, 0.15) is 26.7 Å². The summed E-state index contributed by atoms with van der Waals surface area (Å²) in [6.07, 6.45) is 0.784. The minimum absolute atomic E-state index is 0.0216. The van der Waals surface area contributed by atoms with Crippen LogP contribution in [0, 0.1) is 11.7 Å². The van der Waals surface area contributed by atoms with E-state index in [2.05, 4.69) is 5.32 Å². The molecular weight excluding hydrogens is 465 g/mol. The van der Waals surface area contributed by atoms with Crippen molar-refractivity contribution in [1.29, 1.82) is 0 Å². The third-order valence-corrected chi connectivity index (χ3v) is 8.15. The number of para-hydroxylation sites is 1. The average Bonchev–Trinajstić information content (AvgIpc) is 2.86. The summed E-state index contributed by atoms with van der Waals surface area (Å²) in [5.74, 6) is -1.08. The monoisotopic (exact) mass is 495 g/mol. The van der Waals surface area contributed by atoms with Gasteiger partial charge in [-0.25, -0.2) is 12.8 Å². The molecule has 184 valence electrons. The first-order valence-electron chi connectivity index (χ1n) is 11.8. The number of carbonyl (C=O) groups is 1. The molecule has 0 unspecified atom stereocenters. The number of nitrogens with one attached hydrogen (secondary N) is 1. The van der Waals surface area contributed by atoms with Crippen LogP contribution < -0.4 is 10.2 Å². The molecule has 0 aromatic heterocycles. The van der Waals surface area contributed by atoms with Gasteiger partial charge in [0, 0.05) is 42.1 Å². The average molecular weight is 496 g/mol. The molecular formula is C27H30FN3O3S. The molecule has 1 N–H and O–H groups in total. The molecule has 1 heterocycles. The highest BCUT2D eigenvalue weighted by Gasteiger charge is 2.35. The van der Waals surface area contributed by atoms with Crippen molar-refractivity contribution in [2.45, 2.75) is 37.6 Å². The second-order valence-electron chi connectivity index (χ2n) is 8.95. The fraction of sp³-hybridized carbons (Fsp3) is 0.296. The Morgan fingerprint density at radius 3 is 2.09 bits per heavy atom. The van der Waals surface area contributed by atoms with Crippen molar-refractivity contribution in [2.75, 3.05) is 23.3 Å². The summed E-state index contributed by atoms with van der Waals surface area (Å²) in [5.41, 5.74) is 2.70. The summed E-state index contributed by atoms with van der Waals surface area (Å²) in [5, 5.41) is 3.34. The van der Waals surface area contributed by atoms with Gasteiger partial charge >= 0.3 is 0 Å². The van der Waals surface area contributed by atoms with Crippen LogP contribution in [-0.4, -0.2) is 37.8 Å². The van der Waals surface area contributed by atoms with E-state index in [4.69, 9.17) is 0 Å². The highest BCUT2D eigenvalue weighted by atomic mass is 32.2. The van der Waals surface area contributed by atoms with E-state index in [0.29, 0.717) is 12.8 Å². The number of hydrogen-bond acceptors (Lipinski definition) is 4. The number of sulfonamides is 1. The summed E-state index contributed by atoms with van der Waals surface area (Å²) in [6.45, 7) is 4.29. The lowest BCUT2D eigenvalue weighted by molar-refractivity contribution is -0.123. The van der Waals surface area contributed by atoms with Gasteiger partial charge in [-0.3, -0.25) is 4.79 Å². The van der Waals surface area contributed by atoms with E-state index in [1.54, 1.807) is 4.90 Å². The molecule has 1 saturated heterocycles. The van der Waals surface area contributed by atoms with Crippen LogP contribution in [0.5, 0.6) is 0 Å². The fourth-order valence-electron chi connectivity index (χ4n) is 4.41. The molecule has 1 amide bonds. The largest absolute Gasteiger partial charge is 0.356 e. The van der Waals surface area contributed by atoms with Crippen molar-refractivity contribution in [3.63, 3.8) is 0 Å². The Labute approximate surface area is 206 Å². The minimum atomic E-state index is -3.93. The molecule has 0 aliphatic carbocycles. The third-order valence-electron chi connectivity index (χ3n) is 6.22. The van der Waals surface area contributed by atoms with Crippen molar-refractivity contribution in [2.24, 2.45) is 5.92 Å². The maximum atomic E-state index is 14.1. The zero-order valence-corrected chi connectivity index (χ0v) is 20.7. The lowest BCUT2D eigenvalue weighted by Gasteiger charge is -2.35. The smallest absolute Gasteiger partial charge is 0.245 e. The second kappa shape index (κ2) is 10.6. The Kier molecular flexibility index (Phi) is 7.52. The molecule has 35 heavy (non-hydrogen) atoms. The molecule has 4 rings (SSSR count). The van der Waals surface area contributed by atoms with Crippen LogP contribution in [0.3, 0.4) is 0 Å². The summed E-state index contributed by atoms with van der Waals surface area (Å²) < 4.78 is 41.2. The highest BCUT2D eigenvalue weighted by molar-refractivity contribution is 7.89. The lowest BCUT2D eigenvalue weighted by atomic mass is 9.95. The van der Waals surface area contributed by atoms with Gasteiger partial charge in [0.2, 0.25) is 15.9 Å². The van der Waals surface area contributed by atoms with Crippen molar-refractivity contribution >= 4 is 33.0 Å². The predicted octanol–water partition coefficient (Wildman–Crippen LogP) is 5.41. The summed E-state index contributed by atoms with van der Waals surface area (Å²) in [7, 11) is -3.93. The van der Waals surface area contributed by atoms with Crippen molar-refractivity contribution in [3.8, 4) is 0 Å². The van der Waals surface area contributed by atoms with Crippen molar-refractivity contribution in [1.82, 2.24) is 4.31 Å². The van der Waals surface area contributed by atoms with Crippen molar-refractivity contribution < 1.29 is 17.6 Å². The van der Waals surface area contributed by atoms with Gasteiger partial charge in [-0.2, -0.15) is 4.31 Å². The number of benzene rings is 3. The Morgan fingerprint density at radius 1 is 0.914 bits per heavy atom. The first kappa shape index (κ1) is 24.9. The molecule has 8 heteroatoms. The molecule has 0 spiro atoms. The summed E-state index contributed by atoms with van der Waals surface area (Å²) in [4.78, 5) is 14.9. The number of amides is 1. The molecule has 3 aromatic carbocycles. The lowest BCUT2D eigenvalue weighted by Crippen LogP contribution is -2.46. The van der Waals surface area contributed by atoms with Crippen LogP contribution in [0.15, 0.2) is 83.8 Å². The first-order valence-corrected chi connectivity index (χ1v) is 13.2. The zero-order valence-electron chi connectivity index (χ0n) is 19.9. The van der Waals surface area contributed by atoms with E-state index in [0.717, 1.165) is 23.1 Å². The number of hydrogen-bond donors (Lipinski definition) is 1. The van der Waals surface area contributed by atoms with Gasteiger partial charge in [-0.1, -0.05) is 30.3 Å². The van der Waals surface area contributed by atoms with Crippen LogP contribution >= 0.6 is 0 Å². The first-order chi connectivity index (χ1) is 16.8. The maximum absolute atomic E-state index is 14.1. The number of piperidine rings is 1. The number of carbonyl (C=O) groups excluding carboxylic acids is 1. The molecule has 0 saturated carbocycles. The quantitative estimate of drug-likeness (QED) is 0.476. The van der Waals surface area contributed by atoms with E-state index in [9.17, 15) is 17.6 Å². The van der Waals surface area contributed by atoms with Gasteiger partial charge in [0.15, 0.2) is 0 Å². The third kappa shape index (κ3) is 5.55. The van der Waals surface area contributed by atoms with Gasteiger partial charge in [0.1, 0.15) is 10.7 Å². The molecule has 6 nitrogen and oxygen atoms in total. The van der Waals surface area contributed by atoms with E-state index in [-0.39, 0.29) is 35.9 Å². The van der Waals surface area contributed by atoms with Crippen molar-refractivity contribution in [3.05, 3.63) is 84.7 Å². The van der Waals surface area contributed by atoms with E-state index in [1.165, 1.54) is 22.5 Å². The fourth-order valence-corrected chi connectivity index (χ4v) is 5.94. The van der Waals surface area contributed by atoms with Gasteiger partial charge in [0.05, 0.1) is 0 Å². The molecule has 3 aromatic rings. The molecule has 0 bridgehead atoms. The van der Waals surface area contributed by atoms with Crippen LogP contribution in [0.25, 0.3) is 0 Å². The molecule has 1 fully saturated rings. The number of nitrogens with zero attached hydrogens (tertiary/aromatic N) is 2. The van der Waals surface area contributed by atoms with E-state index >= 15 is 0 Å². The highest BCUT2D eigenvalue weighted by Crippen LogP contribution is 2.29. The SMILES string of the molecule is CC(C)N(C(=O)C1CCN(S(=O)(=O)c2ccccc2F)CC1)c1ccc(Nc2ccccc2)cc1. The molecule has 0 atom stereocenters. The van der Waals surface area contributed by atoms with Crippen LogP contribution in [0.2, 0.25) is 0 Å². The van der Waals surface area contributed by atoms with E-state index in [1.807, 2.05) is 68.4 Å². The van der Waals surface area contributed by atoms with Gasteiger partial charge < -0.3 is 10.2 Å². The molecule has 1 aliphatic rings. The van der Waals surface area contributed by atoms with Crippen LogP contribution in [0.4, 0.5) is 21.5 Å². The number of halogens is 1.